The SMILES string of the molecule is CCCCCCCCCCCCNC(=O)c1ccc(CN(CC2CCN(C(=O)O)CC2)C(=O)C(=O)OCC)cc1. The Labute approximate surface area is 239 Å². The number of piperidine rings is 1. The molecule has 1 heterocycles. The molecule has 1 saturated heterocycles. The number of carbonyl (C=O) groups is 4. The number of carbonyl (C=O) groups excluding carboxylic acids is 3. The van der Waals surface area contributed by atoms with E-state index in [-0.39, 0.29) is 25.0 Å². The van der Waals surface area contributed by atoms with Crippen molar-refractivity contribution in [3.05, 3.63) is 35.4 Å². The molecule has 0 unspecified atom stereocenters. The topological polar surface area (TPSA) is 116 Å². The smallest absolute Gasteiger partial charge is 0.407 e. The molecule has 0 spiro atoms. The van der Waals surface area contributed by atoms with Crippen LogP contribution in [-0.2, 0) is 20.9 Å². The molecule has 2 N–H and O–H groups in total. The van der Waals surface area contributed by atoms with Crippen LogP contribution < -0.4 is 5.32 Å². The molecule has 1 aromatic rings. The summed E-state index contributed by atoms with van der Waals surface area (Å²) in [7, 11) is 0. The lowest BCUT2D eigenvalue weighted by Gasteiger charge is -2.33. The number of nitrogens with one attached hydrogen (secondary N) is 1. The number of rotatable bonds is 17. The molecule has 9 heteroatoms. The van der Waals surface area contributed by atoms with E-state index in [1.807, 2.05) is 0 Å². The summed E-state index contributed by atoms with van der Waals surface area (Å²) in [4.78, 5) is 51.6. The van der Waals surface area contributed by atoms with Crippen LogP contribution in [0.25, 0.3) is 0 Å². The fourth-order valence-electron chi connectivity index (χ4n) is 5.06. The quantitative estimate of drug-likeness (QED) is 0.145. The number of ether oxygens (including phenoxy) is 1. The van der Waals surface area contributed by atoms with Gasteiger partial charge in [0.25, 0.3) is 5.91 Å². The second kappa shape index (κ2) is 19.1. The summed E-state index contributed by atoms with van der Waals surface area (Å²) in [5.74, 6) is -1.63. The van der Waals surface area contributed by atoms with Gasteiger partial charge in [-0.2, -0.15) is 0 Å². The molecule has 1 aromatic carbocycles. The van der Waals surface area contributed by atoms with Gasteiger partial charge in [0, 0.05) is 38.3 Å². The summed E-state index contributed by atoms with van der Waals surface area (Å²) >= 11 is 0. The van der Waals surface area contributed by atoms with Crippen molar-refractivity contribution in [2.45, 2.75) is 97.4 Å². The molecule has 0 bridgehead atoms. The van der Waals surface area contributed by atoms with E-state index < -0.39 is 18.0 Å². The second-order valence-electron chi connectivity index (χ2n) is 10.8. The van der Waals surface area contributed by atoms with Crippen LogP contribution in [0.1, 0.15) is 107 Å². The van der Waals surface area contributed by atoms with Crippen molar-refractivity contribution in [1.29, 1.82) is 0 Å². The third-order valence-electron chi connectivity index (χ3n) is 7.51. The molecule has 224 valence electrons. The normalized spacial score (nSPS) is 13.6. The lowest BCUT2D eigenvalue weighted by molar-refractivity contribution is -0.160. The van der Waals surface area contributed by atoms with Crippen molar-refractivity contribution in [3.63, 3.8) is 0 Å². The summed E-state index contributed by atoms with van der Waals surface area (Å²) in [6.45, 7) is 6.01. The zero-order valence-electron chi connectivity index (χ0n) is 24.5. The van der Waals surface area contributed by atoms with E-state index in [4.69, 9.17) is 4.74 Å². The van der Waals surface area contributed by atoms with Gasteiger partial charge in [-0.3, -0.25) is 9.59 Å². The molecule has 9 nitrogen and oxygen atoms in total. The molecule has 0 atom stereocenters. The maximum absolute atomic E-state index is 12.8. The van der Waals surface area contributed by atoms with E-state index >= 15 is 0 Å². The van der Waals surface area contributed by atoms with Crippen LogP contribution in [0.2, 0.25) is 0 Å². The van der Waals surface area contributed by atoms with Gasteiger partial charge in [0.2, 0.25) is 0 Å². The van der Waals surface area contributed by atoms with Crippen molar-refractivity contribution in [1.82, 2.24) is 15.1 Å². The molecule has 40 heavy (non-hydrogen) atoms. The Kier molecular flexibility index (Phi) is 15.8. The number of amides is 3. The minimum Gasteiger partial charge on any atom is -0.465 e. The number of hydrogen-bond acceptors (Lipinski definition) is 5. The largest absolute Gasteiger partial charge is 0.465 e. The minimum atomic E-state index is -0.939. The standard InChI is InChI=1S/C31H49N3O6/c1-3-5-6-7-8-9-10-11-12-13-20-32-28(35)27-16-14-25(15-17-27)23-34(29(36)30(37)40-4-2)24-26-18-21-33(22-19-26)31(38)39/h14-17,26H,3-13,18-24H2,1-2H3,(H,32,35)(H,38,39). The summed E-state index contributed by atoms with van der Waals surface area (Å²) in [5.41, 5.74) is 1.35. The Hall–Kier alpha value is -3.10. The lowest BCUT2D eigenvalue weighted by atomic mass is 9.96. The van der Waals surface area contributed by atoms with Gasteiger partial charge in [-0.05, 0) is 49.8 Å². The van der Waals surface area contributed by atoms with E-state index in [1.54, 1.807) is 31.2 Å². The van der Waals surface area contributed by atoms with Gasteiger partial charge in [-0.25, -0.2) is 9.59 Å². The Bertz CT molecular complexity index is 912. The Morgan fingerprint density at radius 3 is 2.02 bits per heavy atom. The van der Waals surface area contributed by atoms with E-state index in [0.717, 1.165) is 18.4 Å². The van der Waals surface area contributed by atoms with Crippen molar-refractivity contribution < 1.29 is 29.0 Å². The minimum absolute atomic E-state index is 0.0878. The third kappa shape index (κ3) is 12.4. The third-order valence-corrected chi connectivity index (χ3v) is 7.51. The Morgan fingerprint density at radius 2 is 1.48 bits per heavy atom. The van der Waals surface area contributed by atoms with Crippen LogP contribution in [0.5, 0.6) is 0 Å². The number of benzene rings is 1. The van der Waals surface area contributed by atoms with E-state index in [2.05, 4.69) is 12.2 Å². The van der Waals surface area contributed by atoms with Crippen molar-refractivity contribution in [3.8, 4) is 0 Å². The Morgan fingerprint density at radius 1 is 0.900 bits per heavy atom. The number of likely N-dealkylation sites (tertiary alicyclic amines) is 1. The first kappa shape index (κ1) is 33.1. The molecule has 0 aromatic heterocycles. The van der Waals surface area contributed by atoms with Gasteiger partial charge in [0.15, 0.2) is 0 Å². The van der Waals surface area contributed by atoms with Crippen LogP contribution in [0, 0.1) is 5.92 Å². The predicted octanol–water partition coefficient (Wildman–Crippen LogP) is 5.62. The first-order valence-electron chi connectivity index (χ1n) is 15.2. The summed E-state index contributed by atoms with van der Waals surface area (Å²) in [6.07, 6.45) is 12.8. The van der Waals surface area contributed by atoms with Gasteiger partial charge in [0.05, 0.1) is 6.61 Å². The monoisotopic (exact) mass is 559 g/mol. The molecule has 0 aliphatic carbocycles. The lowest BCUT2D eigenvalue weighted by Crippen LogP contribution is -2.44. The molecule has 3 amide bonds. The first-order valence-corrected chi connectivity index (χ1v) is 15.2. The zero-order chi connectivity index (χ0) is 29.2. The van der Waals surface area contributed by atoms with E-state index in [9.17, 15) is 24.3 Å². The number of nitrogens with zero attached hydrogens (tertiary/aromatic N) is 2. The fourth-order valence-corrected chi connectivity index (χ4v) is 5.06. The van der Waals surface area contributed by atoms with Gasteiger partial charge >= 0.3 is 18.0 Å². The first-order chi connectivity index (χ1) is 19.3. The number of unbranched alkanes of at least 4 members (excludes halogenated alkanes) is 9. The van der Waals surface area contributed by atoms with Gasteiger partial charge in [-0.1, -0.05) is 76.8 Å². The van der Waals surface area contributed by atoms with Crippen LogP contribution in [0.15, 0.2) is 24.3 Å². The average molecular weight is 560 g/mol. The van der Waals surface area contributed by atoms with Crippen molar-refractivity contribution in [2.24, 2.45) is 5.92 Å². The second-order valence-corrected chi connectivity index (χ2v) is 10.8. The number of esters is 1. The van der Waals surface area contributed by atoms with Gasteiger partial charge < -0.3 is 25.0 Å². The summed E-state index contributed by atoms with van der Waals surface area (Å²) in [5, 5.41) is 12.2. The molecule has 2 rings (SSSR count). The van der Waals surface area contributed by atoms with Gasteiger partial charge in [-0.15, -0.1) is 0 Å². The maximum atomic E-state index is 12.8. The molecule has 1 aliphatic heterocycles. The predicted molar refractivity (Wildman–Crippen MR) is 155 cm³/mol. The highest BCUT2D eigenvalue weighted by Crippen LogP contribution is 2.20. The highest BCUT2D eigenvalue weighted by Gasteiger charge is 2.29. The Balaban J connectivity index is 1.79. The summed E-state index contributed by atoms with van der Waals surface area (Å²) in [6, 6.07) is 7.07. The van der Waals surface area contributed by atoms with Crippen LogP contribution in [-0.4, -0.2) is 71.6 Å². The molecule has 0 saturated carbocycles. The summed E-state index contributed by atoms with van der Waals surface area (Å²) < 4.78 is 4.93. The molecular weight excluding hydrogens is 510 g/mol. The van der Waals surface area contributed by atoms with Crippen molar-refractivity contribution >= 4 is 23.9 Å². The van der Waals surface area contributed by atoms with Crippen LogP contribution in [0.3, 0.4) is 0 Å². The maximum Gasteiger partial charge on any atom is 0.407 e. The van der Waals surface area contributed by atoms with Gasteiger partial charge in [0.1, 0.15) is 0 Å². The molecular formula is C31H49N3O6. The van der Waals surface area contributed by atoms with Crippen LogP contribution in [0.4, 0.5) is 4.79 Å². The number of hydrogen-bond donors (Lipinski definition) is 2. The van der Waals surface area contributed by atoms with E-state index in [1.165, 1.54) is 61.2 Å². The molecule has 0 radical (unpaired) electrons. The molecule has 1 fully saturated rings. The average Bonchev–Trinajstić information content (AvgIpc) is 2.95. The zero-order valence-corrected chi connectivity index (χ0v) is 24.5. The van der Waals surface area contributed by atoms with Crippen molar-refractivity contribution in [2.75, 3.05) is 32.8 Å². The highest BCUT2D eigenvalue weighted by molar-refractivity contribution is 6.32. The van der Waals surface area contributed by atoms with E-state index in [0.29, 0.717) is 44.6 Å². The molecule has 1 aliphatic rings. The van der Waals surface area contributed by atoms with Crippen LogP contribution >= 0.6 is 0 Å². The number of carboxylic acid groups (broad SMARTS) is 1. The fraction of sp³-hybridized carbons (Fsp3) is 0.677. The highest BCUT2D eigenvalue weighted by atomic mass is 16.5.